The molecule has 1 heterocycles. The van der Waals surface area contributed by atoms with Crippen LogP contribution in [0, 0.1) is 11.2 Å². The molecule has 0 spiro atoms. The molecule has 1 fully saturated rings. The Morgan fingerprint density at radius 1 is 1.44 bits per heavy atom. The van der Waals surface area contributed by atoms with Crippen molar-refractivity contribution in [1.29, 1.82) is 0 Å². The van der Waals surface area contributed by atoms with Crippen LogP contribution in [0.15, 0.2) is 18.2 Å². The Hall–Kier alpha value is -0.250. The SMILES string of the molecule is CC1(C)CCSCC1(O)Cc1cc(F)ccc1Cl. The van der Waals surface area contributed by atoms with Gasteiger partial charge in [-0.15, -0.1) is 0 Å². The van der Waals surface area contributed by atoms with E-state index in [1.807, 2.05) is 0 Å². The molecular formula is C14H18ClFOS. The topological polar surface area (TPSA) is 20.2 Å². The number of thioether (sulfide) groups is 1. The van der Waals surface area contributed by atoms with Gasteiger partial charge in [0.1, 0.15) is 5.82 Å². The number of hydrogen-bond acceptors (Lipinski definition) is 2. The first kappa shape index (κ1) is 14.2. The van der Waals surface area contributed by atoms with E-state index in [0.29, 0.717) is 22.8 Å². The van der Waals surface area contributed by atoms with E-state index in [4.69, 9.17) is 11.6 Å². The molecule has 0 bridgehead atoms. The lowest BCUT2D eigenvalue weighted by atomic mass is 9.70. The van der Waals surface area contributed by atoms with Crippen LogP contribution in [-0.4, -0.2) is 22.2 Å². The molecule has 0 saturated carbocycles. The van der Waals surface area contributed by atoms with Crippen LogP contribution in [0.1, 0.15) is 25.8 Å². The molecule has 1 aliphatic heterocycles. The van der Waals surface area contributed by atoms with Gasteiger partial charge in [0.15, 0.2) is 0 Å². The van der Waals surface area contributed by atoms with Crippen molar-refractivity contribution in [3.63, 3.8) is 0 Å². The van der Waals surface area contributed by atoms with Crippen molar-refractivity contribution in [3.8, 4) is 0 Å². The van der Waals surface area contributed by atoms with Gasteiger partial charge in [0.2, 0.25) is 0 Å². The van der Waals surface area contributed by atoms with Crippen LogP contribution in [0.5, 0.6) is 0 Å². The number of halogens is 2. The average Bonchev–Trinajstić information content (AvgIpc) is 2.28. The molecule has 0 amide bonds. The summed E-state index contributed by atoms with van der Waals surface area (Å²) in [5.41, 5.74) is -0.309. The second-order valence-corrected chi connectivity index (χ2v) is 7.14. The molecule has 1 unspecified atom stereocenters. The van der Waals surface area contributed by atoms with Gasteiger partial charge in [0.25, 0.3) is 0 Å². The third-order valence-corrected chi connectivity index (χ3v) is 5.51. The predicted octanol–water partition coefficient (Wildman–Crippen LogP) is 3.92. The molecular weight excluding hydrogens is 271 g/mol. The maximum absolute atomic E-state index is 13.3. The molecule has 1 atom stereocenters. The Morgan fingerprint density at radius 3 is 2.83 bits per heavy atom. The van der Waals surface area contributed by atoms with Gasteiger partial charge in [-0.2, -0.15) is 11.8 Å². The van der Waals surface area contributed by atoms with Gasteiger partial charge in [-0.1, -0.05) is 25.4 Å². The van der Waals surface area contributed by atoms with Crippen molar-refractivity contribution in [1.82, 2.24) is 0 Å². The fraction of sp³-hybridized carbons (Fsp3) is 0.571. The highest BCUT2D eigenvalue weighted by Gasteiger charge is 2.45. The summed E-state index contributed by atoms with van der Waals surface area (Å²) in [5.74, 6) is 1.43. The van der Waals surface area contributed by atoms with Crippen LogP contribution < -0.4 is 0 Å². The van der Waals surface area contributed by atoms with E-state index in [1.165, 1.54) is 12.1 Å². The van der Waals surface area contributed by atoms with Gasteiger partial charge in [0, 0.05) is 17.2 Å². The molecule has 4 heteroatoms. The molecule has 1 aromatic carbocycles. The van der Waals surface area contributed by atoms with E-state index in [2.05, 4.69) is 13.8 Å². The van der Waals surface area contributed by atoms with Crippen molar-refractivity contribution in [2.45, 2.75) is 32.3 Å². The summed E-state index contributed by atoms with van der Waals surface area (Å²) < 4.78 is 13.3. The lowest BCUT2D eigenvalue weighted by molar-refractivity contribution is -0.0513. The smallest absolute Gasteiger partial charge is 0.123 e. The van der Waals surface area contributed by atoms with E-state index in [1.54, 1.807) is 17.8 Å². The lowest BCUT2D eigenvalue weighted by Gasteiger charge is -2.46. The van der Waals surface area contributed by atoms with E-state index in [9.17, 15) is 9.50 Å². The third-order valence-electron chi connectivity index (χ3n) is 3.96. The van der Waals surface area contributed by atoms with Crippen LogP contribution in [0.2, 0.25) is 5.02 Å². The zero-order valence-corrected chi connectivity index (χ0v) is 12.2. The zero-order valence-electron chi connectivity index (χ0n) is 10.7. The largest absolute Gasteiger partial charge is 0.388 e. The van der Waals surface area contributed by atoms with Gasteiger partial charge in [0.05, 0.1) is 5.60 Å². The molecule has 1 N–H and O–H groups in total. The highest BCUT2D eigenvalue weighted by molar-refractivity contribution is 7.99. The Kier molecular flexibility index (Phi) is 3.96. The lowest BCUT2D eigenvalue weighted by Crippen LogP contribution is -2.51. The minimum atomic E-state index is -0.826. The second kappa shape index (κ2) is 5.03. The van der Waals surface area contributed by atoms with E-state index >= 15 is 0 Å². The summed E-state index contributed by atoms with van der Waals surface area (Å²) in [4.78, 5) is 0. The van der Waals surface area contributed by atoms with Gasteiger partial charge in [-0.25, -0.2) is 4.39 Å². The van der Waals surface area contributed by atoms with Crippen molar-refractivity contribution in [2.75, 3.05) is 11.5 Å². The van der Waals surface area contributed by atoms with Gasteiger partial charge >= 0.3 is 0 Å². The minimum absolute atomic E-state index is 0.173. The van der Waals surface area contributed by atoms with Gasteiger partial charge < -0.3 is 5.11 Å². The first-order chi connectivity index (χ1) is 8.34. The first-order valence-corrected chi connectivity index (χ1v) is 7.61. The molecule has 1 aromatic rings. The normalized spacial score (nSPS) is 27.2. The number of aliphatic hydroxyl groups is 1. The van der Waals surface area contributed by atoms with Gasteiger partial charge in [-0.3, -0.25) is 0 Å². The van der Waals surface area contributed by atoms with Crippen molar-refractivity contribution < 1.29 is 9.50 Å². The summed E-state index contributed by atoms with van der Waals surface area (Å²) in [5, 5.41) is 11.4. The molecule has 1 saturated heterocycles. The summed E-state index contributed by atoms with van der Waals surface area (Å²) in [7, 11) is 0. The summed E-state index contributed by atoms with van der Waals surface area (Å²) in [6, 6.07) is 4.32. The quantitative estimate of drug-likeness (QED) is 0.890. The molecule has 100 valence electrons. The third kappa shape index (κ3) is 2.68. The Morgan fingerprint density at radius 2 is 2.17 bits per heavy atom. The number of rotatable bonds is 2. The minimum Gasteiger partial charge on any atom is -0.388 e. The summed E-state index contributed by atoms with van der Waals surface area (Å²) >= 11 is 7.83. The molecule has 1 nitrogen and oxygen atoms in total. The molecule has 0 radical (unpaired) electrons. The number of hydrogen-bond donors (Lipinski definition) is 1. The molecule has 0 aliphatic carbocycles. The zero-order chi connectivity index (χ0) is 13.4. The monoisotopic (exact) mass is 288 g/mol. The van der Waals surface area contributed by atoms with Crippen molar-refractivity contribution in [2.24, 2.45) is 5.41 Å². The van der Waals surface area contributed by atoms with E-state index in [0.717, 1.165) is 12.2 Å². The molecule has 1 aliphatic rings. The second-order valence-electron chi connectivity index (χ2n) is 5.63. The van der Waals surface area contributed by atoms with Crippen LogP contribution >= 0.6 is 23.4 Å². The van der Waals surface area contributed by atoms with Crippen LogP contribution in [0.4, 0.5) is 4.39 Å². The van der Waals surface area contributed by atoms with Crippen molar-refractivity contribution in [3.05, 3.63) is 34.6 Å². The van der Waals surface area contributed by atoms with Crippen LogP contribution in [-0.2, 0) is 6.42 Å². The van der Waals surface area contributed by atoms with E-state index < -0.39 is 5.60 Å². The standard InChI is InChI=1S/C14H18ClFOS/c1-13(2)5-6-18-9-14(13,17)8-10-7-11(16)3-4-12(10)15/h3-4,7,17H,5-6,8-9H2,1-2H3. The maximum Gasteiger partial charge on any atom is 0.123 e. The highest BCUT2D eigenvalue weighted by Crippen LogP contribution is 2.44. The molecule has 0 aromatic heterocycles. The Bertz CT molecular complexity index is 449. The fourth-order valence-electron chi connectivity index (χ4n) is 2.28. The van der Waals surface area contributed by atoms with Gasteiger partial charge in [-0.05, 0) is 41.4 Å². The number of benzene rings is 1. The summed E-state index contributed by atoms with van der Waals surface area (Å²) in [6.07, 6.45) is 1.37. The fourth-order valence-corrected chi connectivity index (χ4v) is 4.09. The summed E-state index contributed by atoms with van der Waals surface area (Å²) in [6.45, 7) is 4.14. The molecule has 2 rings (SSSR count). The van der Waals surface area contributed by atoms with Crippen molar-refractivity contribution >= 4 is 23.4 Å². The first-order valence-electron chi connectivity index (χ1n) is 6.08. The predicted molar refractivity (Wildman–Crippen MR) is 75.8 cm³/mol. The van der Waals surface area contributed by atoms with Crippen LogP contribution in [0.3, 0.4) is 0 Å². The maximum atomic E-state index is 13.3. The van der Waals surface area contributed by atoms with E-state index in [-0.39, 0.29) is 11.2 Å². The highest BCUT2D eigenvalue weighted by atomic mass is 35.5. The Balaban J connectivity index is 2.28. The molecule has 18 heavy (non-hydrogen) atoms. The Labute approximate surface area is 117 Å². The van der Waals surface area contributed by atoms with Crippen LogP contribution in [0.25, 0.3) is 0 Å². The average molecular weight is 289 g/mol.